The Kier molecular flexibility index (Phi) is 5.75. The fourth-order valence-corrected chi connectivity index (χ4v) is 3.64. The number of amides is 2. The van der Waals surface area contributed by atoms with Gasteiger partial charge in [0.25, 0.3) is 0 Å². The molecule has 0 spiro atoms. The molecule has 1 aliphatic heterocycles. The number of carbonyl (C=O) groups is 2. The van der Waals surface area contributed by atoms with Crippen LogP contribution < -0.4 is 9.64 Å². The van der Waals surface area contributed by atoms with Gasteiger partial charge in [0.05, 0.1) is 18.0 Å². The first kappa shape index (κ1) is 20.6. The van der Waals surface area contributed by atoms with E-state index in [1.807, 2.05) is 49.0 Å². The normalized spacial score (nSPS) is 14.2. The first-order chi connectivity index (χ1) is 15.0. The molecule has 9 heteroatoms. The predicted octanol–water partition coefficient (Wildman–Crippen LogP) is 2.66. The molecular formula is C22H25N5O4. The highest BCUT2D eigenvalue weighted by molar-refractivity contribution is 6.04. The molecule has 1 saturated heterocycles. The molecule has 31 heavy (non-hydrogen) atoms. The Morgan fingerprint density at radius 1 is 1.16 bits per heavy atom. The summed E-state index contributed by atoms with van der Waals surface area (Å²) < 4.78 is 12.7. The van der Waals surface area contributed by atoms with Crippen molar-refractivity contribution in [3.8, 4) is 5.88 Å². The highest BCUT2D eigenvalue weighted by Gasteiger charge is 2.30. The summed E-state index contributed by atoms with van der Waals surface area (Å²) >= 11 is 0. The van der Waals surface area contributed by atoms with Crippen LogP contribution in [0.3, 0.4) is 0 Å². The van der Waals surface area contributed by atoms with Crippen LogP contribution in [-0.4, -0.2) is 57.7 Å². The molecular weight excluding hydrogens is 398 g/mol. The highest BCUT2D eigenvalue weighted by atomic mass is 16.6. The van der Waals surface area contributed by atoms with Crippen molar-refractivity contribution in [3.05, 3.63) is 47.9 Å². The van der Waals surface area contributed by atoms with Crippen molar-refractivity contribution in [2.45, 2.75) is 20.5 Å². The molecule has 1 aliphatic rings. The average Bonchev–Trinajstić information content (AvgIpc) is 3.08. The van der Waals surface area contributed by atoms with Crippen LogP contribution in [-0.2, 0) is 23.2 Å². The van der Waals surface area contributed by atoms with Gasteiger partial charge in [-0.1, -0.05) is 6.07 Å². The van der Waals surface area contributed by atoms with Crippen LogP contribution in [0, 0.1) is 6.92 Å². The van der Waals surface area contributed by atoms with Crippen LogP contribution in [0.25, 0.3) is 11.0 Å². The van der Waals surface area contributed by atoms with E-state index in [1.165, 1.54) is 4.90 Å². The zero-order valence-corrected chi connectivity index (χ0v) is 17.9. The Morgan fingerprint density at radius 2 is 2.00 bits per heavy atom. The van der Waals surface area contributed by atoms with Crippen molar-refractivity contribution >= 4 is 28.7 Å². The largest absolute Gasteiger partial charge is 0.471 e. The molecule has 4 rings (SSSR count). The molecule has 3 aromatic heterocycles. The molecule has 0 radical (unpaired) electrons. The van der Waals surface area contributed by atoms with Crippen LogP contribution in [0.5, 0.6) is 5.88 Å². The summed E-state index contributed by atoms with van der Waals surface area (Å²) in [4.78, 5) is 36.8. The fraction of sp³-hybridized carbons (Fsp3) is 0.364. The molecule has 9 nitrogen and oxygen atoms in total. The lowest BCUT2D eigenvalue weighted by Crippen LogP contribution is -2.52. The van der Waals surface area contributed by atoms with E-state index < -0.39 is 6.09 Å². The van der Waals surface area contributed by atoms with E-state index in [4.69, 9.17) is 9.47 Å². The van der Waals surface area contributed by atoms with Gasteiger partial charge < -0.3 is 18.9 Å². The van der Waals surface area contributed by atoms with Gasteiger partial charge in [-0.25, -0.2) is 4.79 Å². The van der Waals surface area contributed by atoms with Gasteiger partial charge in [-0.2, -0.15) is 4.98 Å². The maximum atomic E-state index is 12.7. The fourth-order valence-electron chi connectivity index (χ4n) is 3.64. The van der Waals surface area contributed by atoms with Gasteiger partial charge >= 0.3 is 6.09 Å². The van der Waals surface area contributed by atoms with Crippen molar-refractivity contribution in [1.29, 1.82) is 0 Å². The topological polar surface area (TPSA) is 89.8 Å². The SMILES string of the molecule is CCOC(=O)N1CCN(c2cn(C)c3nc(OCc4cccc(C)n4)ccc23)C(=O)C1. The number of piperazine rings is 1. The second-order valence-corrected chi connectivity index (χ2v) is 7.37. The van der Waals surface area contributed by atoms with E-state index in [0.717, 1.165) is 22.5 Å². The van der Waals surface area contributed by atoms with E-state index in [1.54, 1.807) is 17.9 Å². The van der Waals surface area contributed by atoms with Crippen LogP contribution in [0.1, 0.15) is 18.3 Å². The molecule has 3 aromatic rings. The summed E-state index contributed by atoms with van der Waals surface area (Å²) in [6, 6.07) is 9.49. The quantitative estimate of drug-likeness (QED) is 0.627. The number of rotatable bonds is 5. The average molecular weight is 423 g/mol. The molecule has 0 N–H and O–H groups in total. The first-order valence-corrected chi connectivity index (χ1v) is 10.2. The summed E-state index contributed by atoms with van der Waals surface area (Å²) in [6.45, 7) is 5.10. The zero-order chi connectivity index (χ0) is 22.0. The Bertz CT molecular complexity index is 1130. The van der Waals surface area contributed by atoms with Crippen LogP contribution >= 0.6 is 0 Å². The number of pyridine rings is 2. The standard InChI is InChI=1S/C22H25N5O4/c1-4-30-22(29)26-10-11-27(20(28)13-26)18-12-25(3)21-17(18)8-9-19(24-21)31-14-16-7-5-6-15(2)23-16/h5-9,12H,4,10-11,13-14H2,1-3H3. The summed E-state index contributed by atoms with van der Waals surface area (Å²) in [5, 5.41) is 0.849. The summed E-state index contributed by atoms with van der Waals surface area (Å²) in [5.41, 5.74) is 3.25. The zero-order valence-electron chi connectivity index (χ0n) is 17.9. The van der Waals surface area contributed by atoms with E-state index in [0.29, 0.717) is 31.2 Å². The lowest BCUT2D eigenvalue weighted by molar-refractivity contribution is -0.120. The highest BCUT2D eigenvalue weighted by Crippen LogP contribution is 2.30. The van der Waals surface area contributed by atoms with E-state index in [-0.39, 0.29) is 19.1 Å². The number of aryl methyl sites for hydroxylation is 2. The number of hydrogen-bond donors (Lipinski definition) is 0. The number of anilines is 1. The van der Waals surface area contributed by atoms with Crippen LogP contribution in [0.2, 0.25) is 0 Å². The Labute approximate surface area is 180 Å². The molecule has 0 saturated carbocycles. The smallest absolute Gasteiger partial charge is 0.410 e. The third-order valence-corrected chi connectivity index (χ3v) is 5.13. The number of fused-ring (bicyclic) bond motifs is 1. The Hall–Kier alpha value is -3.62. The molecule has 162 valence electrons. The van der Waals surface area contributed by atoms with Gasteiger partial charge in [0.1, 0.15) is 18.8 Å². The number of ether oxygens (including phenoxy) is 2. The van der Waals surface area contributed by atoms with Gasteiger partial charge in [0, 0.05) is 43.5 Å². The third kappa shape index (κ3) is 4.30. The lowest BCUT2D eigenvalue weighted by Gasteiger charge is -2.33. The van der Waals surface area contributed by atoms with Crippen molar-refractivity contribution in [1.82, 2.24) is 19.4 Å². The van der Waals surface area contributed by atoms with Crippen molar-refractivity contribution < 1.29 is 19.1 Å². The number of carbonyl (C=O) groups excluding carboxylic acids is 2. The number of hydrogen-bond acceptors (Lipinski definition) is 6. The van der Waals surface area contributed by atoms with Crippen molar-refractivity contribution in [2.24, 2.45) is 7.05 Å². The van der Waals surface area contributed by atoms with E-state index in [9.17, 15) is 9.59 Å². The van der Waals surface area contributed by atoms with Crippen molar-refractivity contribution in [2.75, 3.05) is 31.1 Å². The number of nitrogens with zero attached hydrogens (tertiary/aromatic N) is 5. The second kappa shape index (κ2) is 8.63. The molecule has 0 aliphatic carbocycles. The maximum absolute atomic E-state index is 12.7. The minimum Gasteiger partial charge on any atom is -0.471 e. The van der Waals surface area contributed by atoms with E-state index in [2.05, 4.69) is 9.97 Å². The van der Waals surface area contributed by atoms with Gasteiger partial charge in [0.2, 0.25) is 11.8 Å². The Balaban J connectivity index is 1.51. The molecule has 0 bridgehead atoms. The predicted molar refractivity (Wildman–Crippen MR) is 115 cm³/mol. The first-order valence-electron chi connectivity index (χ1n) is 10.2. The third-order valence-electron chi connectivity index (χ3n) is 5.13. The summed E-state index contributed by atoms with van der Waals surface area (Å²) in [6.07, 6.45) is 1.42. The van der Waals surface area contributed by atoms with Gasteiger partial charge in [-0.3, -0.25) is 14.7 Å². The maximum Gasteiger partial charge on any atom is 0.410 e. The molecule has 0 unspecified atom stereocenters. The van der Waals surface area contributed by atoms with Crippen LogP contribution in [0.15, 0.2) is 36.5 Å². The van der Waals surface area contributed by atoms with Gasteiger partial charge in [-0.05, 0) is 32.0 Å². The molecule has 0 atom stereocenters. The van der Waals surface area contributed by atoms with Crippen molar-refractivity contribution in [3.63, 3.8) is 0 Å². The Morgan fingerprint density at radius 3 is 2.74 bits per heavy atom. The summed E-state index contributed by atoms with van der Waals surface area (Å²) in [7, 11) is 1.88. The lowest BCUT2D eigenvalue weighted by atomic mass is 10.2. The monoisotopic (exact) mass is 423 g/mol. The van der Waals surface area contributed by atoms with Crippen LogP contribution in [0.4, 0.5) is 10.5 Å². The molecule has 1 fully saturated rings. The summed E-state index contributed by atoms with van der Waals surface area (Å²) in [5.74, 6) is 0.333. The van der Waals surface area contributed by atoms with E-state index >= 15 is 0 Å². The number of aromatic nitrogens is 3. The van der Waals surface area contributed by atoms with Gasteiger partial charge in [0.15, 0.2) is 0 Å². The van der Waals surface area contributed by atoms with Gasteiger partial charge in [-0.15, -0.1) is 0 Å². The minimum absolute atomic E-state index is 0.00661. The second-order valence-electron chi connectivity index (χ2n) is 7.37. The molecule has 2 amide bonds. The molecule has 4 heterocycles. The minimum atomic E-state index is -0.458. The molecule has 0 aromatic carbocycles.